The Hall–Kier alpha value is -4.63. The number of ether oxygens (including phenoxy) is 1. The Bertz CT molecular complexity index is 1660. The maximum absolute atomic E-state index is 14.5. The third-order valence-corrected chi connectivity index (χ3v) is 9.16. The quantitative estimate of drug-likeness (QED) is 0.196. The van der Waals surface area contributed by atoms with Crippen LogP contribution in [-0.2, 0) is 32.6 Å². The van der Waals surface area contributed by atoms with Crippen molar-refractivity contribution in [2.45, 2.75) is 44.7 Å². The smallest absolute Gasteiger partial charge is 0.264 e. The van der Waals surface area contributed by atoms with Crippen molar-refractivity contribution in [1.29, 1.82) is 0 Å². The molecule has 0 saturated carbocycles. The molecule has 0 radical (unpaired) electrons. The van der Waals surface area contributed by atoms with Crippen molar-refractivity contribution in [3.8, 4) is 5.75 Å². The number of methoxy groups -OCH3 is 1. The second-order valence-corrected chi connectivity index (χ2v) is 13.2. The molecule has 0 spiro atoms. The Morgan fingerprint density at radius 3 is 2.07 bits per heavy atom. The zero-order valence-electron chi connectivity index (χ0n) is 26.2. The van der Waals surface area contributed by atoms with Gasteiger partial charge in [0.2, 0.25) is 11.8 Å². The number of sulfonamides is 1. The molecule has 1 atom stereocenters. The lowest BCUT2D eigenvalue weighted by atomic mass is 10.0. The highest BCUT2D eigenvalue weighted by Gasteiger charge is 2.34. The molecule has 0 saturated heterocycles. The number of rotatable bonds is 14. The van der Waals surface area contributed by atoms with Crippen LogP contribution in [0, 0.1) is 12.8 Å². The van der Waals surface area contributed by atoms with E-state index in [1.165, 1.54) is 17.0 Å². The summed E-state index contributed by atoms with van der Waals surface area (Å²) < 4.78 is 34.6. The summed E-state index contributed by atoms with van der Waals surface area (Å²) in [5, 5.41) is 3.00. The summed E-state index contributed by atoms with van der Waals surface area (Å²) in [5.74, 6) is -0.0197. The fraction of sp³-hybridized carbons (Fsp3) is 0.278. The summed E-state index contributed by atoms with van der Waals surface area (Å²) >= 11 is 0. The van der Waals surface area contributed by atoms with Crippen molar-refractivity contribution in [2.75, 3.05) is 24.5 Å². The largest absolute Gasteiger partial charge is 0.497 e. The normalized spacial score (nSPS) is 11.9. The summed E-state index contributed by atoms with van der Waals surface area (Å²) in [7, 11) is -2.58. The number of hydrogen-bond acceptors (Lipinski definition) is 5. The summed E-state index contributed by atoms with van der Waals surface area (Å²) in [4.78, 5) is 29.9. The average Bonchev–Trinajstić information content (AvgIpc) is 3.05. The van der Waals surface area contributed by atoms with E-state index in [1.54, 1.807) is 55.6 Å². The van der Waals surface area contributed by atoms with Gasteiger partial charge in [-0.3, -0.25) is 13.9 Å². The molecule has 1 N–H and O–H groups in total. The number of benzene rings is 4. The Labute approximate surface area is 266 Å². The van der Waals surface area contributed by atoms with E-state index in [2.05, 4.69) is 5.32 Å². The molecule has 0 aromatic heterocycles. The molecule has 0 unspecified atom stereocenters. The number of nitrogens with zero attached hydrogens (tertiary/aromatic N) is 2. The van der Waals surface area contributed by atoms with Crippen molar-refractivity contribution >= 4 is 27.5 Å². The minimum absolute atomic E-state index is 0.0632. The van der Waals surface area contributed by atoms with Crippen LogP contribution in [0.25, 0.3) is 0 Å². The van der Waals surface area contributed by atoms with Gasteiger partial charge in [0.05, 0.1) is 17.7 Å². The summed E-state index contributed by atoms with van der Waals surface area (Å²) in [6.45, 7) is 5.90. The summed E-state index contributed by atoms with van der Waals surface area (Å²) in [6.07, 6.45) is 0.246. The predicted octanol–water partition coefficient (Wildman–Crippen LogP) is 5.61. The number of carbonyl (C=O) groups is 2. The summed E-state index contributed by atoms with van der Waals surface area (Å²) in [5.41, 5.74) is 2.91. The minimum Gasteiger partial charge on any atom is -0.497 e. The number of nitrogens with one attached hydrogen (secondary N) is 1. The van der Waals surface area contributed by atoms with Gasteiger partial charge >= 0.3 is 0 Å². The van der Waals surface area contributed by atoms with Gasteiger partial charge in [0, 0.05) is 19.5 Å². The fourth-order valence-corrected chi connectivity index (χ4v) is 6.34. The first kappa shape index (κ1) is 33.3. The van der Waals surface area contributed by atoms with Gasteiger partial charge in [-0.05, 0) is 60.4 Å². The molecule has 0 heterocycles. The Morgan fingerprint density at radius 2 is 1.44 bits per heavy atom. The molecule has 4 aromatic rings. The maximum atomic E-state index is 14.5. The van der Waals surface area contributed by atoms with Crippen molar-refractivity contribution in [2.24, 2.45) is 5.92 Å². The number of amides is 2. The lowest BCUT2D eigenvalue weighted by molar-refractivity contribution is -0.140. The molecular formula is C36H41N3O5S. The molecule has 0 aliphatic carbocycles. The number of aryl methyl sites for hydroxylation is 1. The van der Waals surface area contributed by atoms with Crippen LogP contribution in [0.3, 0.4) is 0 Å². The zero-order chi connectivity index (χ0) is 32.4. The van der Waals surface area contributed by atoms with E-state index >= 15 is 0 Å². The van der Waals surface area contributed by atoms with Gasteiger partial charge in [-0.15, -0.1) is 0 Å². The molecule has 45 heavy (non-hydrogen) atoms. The van der Waals surface area contributed by atoms with Gasteiger partial charge in [-0.2, -0.15) is 0 Å². The third kappa shape index (κ3) is 8.95. The van der Waals surface area contributed by atoms with E-state index in [1.807, 2.05) is 69.3 Å². The van der Waals surface area contributed by atoms with E-state index in [0.717, 1.165) is 21.0 Å². The third-order valence-electron chi connectivity index (χ3n) is 7.37. The van der Waals surface area contributed by atoms with Crippen LogP contribution in [0.5, 0.6) is 5.75 Å². The molecule has 0 aliphatic heterocycles. The highest BCUT2D eigenvalue weighted by molar-refractivity contribution is 7.92. The molecule has 0 fully saturated rings. The molecule has 4 aromatic carbocycles. The number of hydrogen-bond donors (Lipinski definition) is 1. The Kier molecular flexibility index (Phi) is 11.4. The maximum Gasteiger partial charge on any atom is 0.264 e. The van der Waals surface area contributed by atoms with E-state index in [9.17, 15) is 18.0 Å². The van der Waals surface area contributed by atoms with Crippen LogP contribution < -0.4 is 14.4 Å². The molecule has 0 aliphatic rings. The van der Waals surface area contributed by atoms with Crippen molar-refractivity contribution in [1.82, 2.24) is 10.2 Å². The lowest BCUT2D eigenvalue weighted by Gasteiger charge is -2.34. The monoisotopic (exact) mass is 627 g/mol. The summed E-state index contributed by atoms with van der Waals surface area (Å²) in [6, 6.07) is 30.9. The van der Waals surface area contributed by atoms with Crippen LogP contribution >= 0.6 is 0 Å². The fourth-order valence-electron chi connectivity index (χ4n) is 4.90. The zero-order valence-corrected chi connectivity index (χ0v) is 27.0. The molecule has 9 heteroatoms. The lowest BCUT2D eigenvalue weighted by Crippen LogP contribution is -2.53. The van der Waals surface area contributed by atoms with Crippen molar-refractivity contribution in [3.63, 3.8) is 0 Å². The number of anilines is 1. The van der Waals surface area contributed by atoms with Gasteiger partial charge in [-0.1, -0.05) is 92.2 Å². The first-order valence-corrected chi connectivity index (χ1v) is 16.4. The minimum atomic E-state index is -4.14. The molecule has 2 amide bonds. The highest BCUT2D eigenvalue weighted by Crippen LogP contribution is 2.26. The van der Waals surface area contributed by atoms with Gasteiger partial charge < -0.3 is 15.0 Å². The Balaban J connectivity index is 1.80. The SMILES string of the molecule is COc1cccc(CN(C(=O)CN(c2ccc(C)cc2)S(=O)(=O)c2ccccc2)[C@@H](Cc2ccccc2)C(=O)NCC(C)C)c1. The molecule has 8 nitrogen and oxygen atoms in total. The number of carbonyl (C=O) groups excluding carboxylic acids is 2. The van der Waals surface area contributed by atoms with E-state index < -0.39 is 28.5 Å². The van der Waals surface area contributed by atoms with Crippen LogP contribution in [0.2, 0.25) is 0 Å². The van der Waals surface area contributed by atoms with Crippen LogP contribution in [0.4, 0.5) is 5.69 Å². The molecule has 4 rings (SSSR count). The highest BCUT2D eigenvalue weighted by atomic mass is 32.2. The second kappa shape index (κ2) is 15.4. The first-order valence-electron chi connectivity index (χ1n) is 15.0. The van der Waals surface area contributed by atoms with Gasteiger partial charge in [0.1, 0.15) is 18.3 Å². The van der Waals surface area contributed by atoms with E-state index in [0.29, 0.717) is 18.0 Å². The molecule has 236 valence electrons. The second-order valence-electron chi connectivity index (χ2n) is 11.4. The average molecular weight is 628 g/mol. The van der Waals surface area contributed by atoms with Crippen molar-refractivity contribution < 1.29 is 22.7 Å². The van der Waals surface area contributed by atoms with Gasteiger partial charge in [0.15, 0.2) is 0 Å². The molecule has 0 bridgehead atoms. The molecular weight excluding hydrogens is 586 g/mol. The van der Waals surface area contributed by atoms with Crippen molar-refractivity contribution in [3.05, 3.63) is 126 Å². The van der Waals surface area contributed by atoms with E-state index in [-0.39, 0.29) is 29.7 Å². The topological polar surface area (TPSA) is 96.0 Å². The Morgan fingerprint density at radius 1 is 0.822 bits per heavy atom. The van der Waals surface area contributed by atoms with Crippen LogP contribution in [0.15, 0.2) is 114 Å². The first-order chi connectivity index (χ1) is 21.6. The van der Waals surface area contributed by atoms with Gasteiger partial charge in [-0.25, -0.2) is 8.42 Å². The predicted molar refractivity (Wildman–Crippen MR) is 177 cm³/mol. The van der Waals surface area contributed by atoms with Crippen LogP contribution in [0.1, 0.15) is 30.5 Å². The van der Waals surface area contributed by atoms with Crippen LogP contribution in [-0.4, -0.2) is 51.4 Å². The van der Waals surface area contributed by atoms with E-state index in [4.69, 9.17) is 4.74 Å². The standard InChI is InChI=1S/C36H41N3O5S/c1-27(2)24-37-36(41)34(23-29-12-7-5-8-13-29)38(25-30-14-11-15-32(22-30)44-4)35(40)26-39(31-20-18-28(3)19-21-31)45(42,43)33-16-9-6-10-17-33/h5-22,27,34H,23-26H2,1-4H3,(H,37,41)/t34-/m0/s1. The van der Waals surface area contributed by atoms with Gasteiger partial charge in [0.25, 0.3) is 10.0 Å².